The van der Waals surface area contributed by atoms with Gasteiger partial charge in [-0.15, -0.1) is 0 Å². The molecule has 2 aromatic rings. The van der Waals surface area contributed by atoms with Crippen LogP contribution in [-0.2, 0) is 0 Å². The van der Waals surface area contributed by atoms with E-state index in [2.05, 4.69) is 33.1 Å². The van der Waals surface area contributed by atoms with E-state index in [0.29, 0.717) is 0 Å². The fraction of sp³-hybridized carbons (Fsp3) is 0.389. The molecule has 4 nitrogen and oxygen atoms in total. The quantitative estimate of drug-likeness (QED) is 0.797. The molecule has 2 unspecified atom stereocenters. The van der Waals surface area contributed by atoms with Crippen molar-refractivity contribution >= 4 is 5.82 Å². The predicted molar refractivity (Wildman–Crippen MR) is 87.6 cm³/mol. The van der Waals surface area contributed by atoms with Crippen LogP contribution in [0.4, 0.5) is 5.82 Å². The van der Waals surface area contributed by atoms with Crippen LogP contribution in [0.2, 0.25) is 0 Å². The Balaban J connectivity index is 1.64. The van der Waals surface area contributed by atoms with Crippen LogP contribution >= 0.6 is 0 Å². The van der Waals surface area contributed by atoms with Gasteiger partial charge in [-0.25, -0.2) is 9.97 Å². The van der Waals surface area contributed by atoms with Crippen molar-refractivity contribution in [2.45, 2.75) is 19.8 Å². The molecule has 2 atom stereocenters. The number of aromatic nitrogens is 3. The van der Waals surface area contributed by atoms with E-state index < -0.39 is 0 Å². The van der Waals surface area contributed by atoms with Gasteiger partial charge in [0.05, 0.1) is 0 Å². The second-order valence-corrected chi connectivity index (χ2v) is 6.30. The summed E-state index contributed by atoms with van der Waals surface area (Å²) in [6, 6.07) is 6.04. The molecule has 0 N–H and O–H groups in total. The highest BCUT2D eigenvalue weighted by molar-refractivity contribution is 5.57. The van der Waals surface area contributed by atoms with E-state index in [1.54, 1.807) is 6.20 Å². The Bertz CT molecular complexity index is 679. The SMILES string of the molecule is Cc1cc(N2CC3CC=CCC3C2)nc(-c2cccnc2)n1. The molecule has 0 bridgehead atoms. The lowest BCUT2D eigenvalue weighted by atomic mass is 9.86. The molecule has 4 heteroatoms. The van der Waals surface area contributed by atoms with Crippen molar-refractivity contribution in [2.24, 2.45) is 11.8 Å². The number of allylic oxidation sites excluding steroid dienone is 2. The van der Waals surface area contributed by atoms with Gasteiger partial charge in [0.15, 0.2) is 5.82 Å². The Morgan fingerprint density at radius 2 is 1.86 bits per heavy atom. The third kappa shape index (κ3) is 2.49. The summed E-state index contributed by atoms with van der Waals surface area (Å²) < 4.78 is 0. The summed E-state index contributed by atoms with van der Waals surface area (Å²) in [7, 11) is 0. The van der Waals surface area contributed by atoms with Crippen LogP contribution in [0, 0.1) is 18.8 Å². The molecule has 1 fully saturated rings. The van der Waals surface area contributed by atoms with Crippen LogP contribution in [0.15, 0.2) is 42.7 Å². The van der Waals surface area contributed by atoms with Crippen molar-refractivity contribution in [3.63, 3.8) is 0 Å². The third-order valence-corrected chi connectivity index (χ3v) is 4.71. The van der Waals surface area contributed by atoms with Gasteiger partial charge in [-0.05, 0) is 43.7 Å². The Hall–Kier alpha value is -2.23. The van der Waals surface area contributed by atoms with Gasteiger partial charge in [0.1, 0.15) is 5.82 Å². The molecule has 3 heterocycles. The van der Waals surface area contributed by atoms with Gasteiger partial charge in [-0.3, -0.25) is 4.98 Å². The van der Waals surface area contributed by atoms with E-state index in [9.17, 15) is 0 Å². The minimum absolute atomic E-state index is 0.774. The zero-order chi connectivity index (χ0) is 14.9. The molecule has 1 aliphatic carbocycles. The minimum atomic E-state index is 0.774. The van der Waals surface area contributed by atoms with Crippen molar-refractivity contribution in [3.8, 4) is 11.4 Å². The predicted octanol–water partition coefficient (Wildman–Crippen LogP) is 3.25. The second-order valence-electron chi connectivity index (χ2n) is 6.30. The highest BCUT2D eigenvalue weighted by Gasteiger charge is 2.33. The van der Waals surface area contributed by atoms with E-state index in [-0.39, 0.29) is 0 Å². The molecule has 2 aromatic heterocycles. The molecule has 0 radical (unpaired) electrons. The zero-order valence-corrected chi connectivity index (χ0v) is 12.8. The average Bonchev–Trinajstić information content (AvgIpc) is 2.99. The maximum absolute atomic E-state index is 4.80. The summed E-state index contributed by atoms with van der Waals surface area (Å²) in [5, 5.41) is 0. The summed E-state index contributed by atoms with van der Waals surface area (Å²) in [5.74, 6) is 3.39. The number of nitrogens with zero attached hydrogens (tertiary/aromatic N) is 4. The summed E-state index contributed by atoms with van der Waals surface area (Å²) in [5.41, 5.74) is 1.99. The first-order valence-corrected chi connectivity index (χ1v) is 7.95. The molecule has 0 amide bonds. The number of hydrogen-bond donors (Lipinski definition) is 0. The molecule has 0 spiro atoms. The maximum Gasteiger partial charge on any atom is 0.163 e. The molecule has 1 saturated heterocycles. The number of aryl methyl sites for hydroxylation is 1. The van der Waals surface area contributed by atoms with Gasteiger partial charge in [-0.1, -0.05) is 12.2 Å². The van der Waals surface area contributed by atoms with E-state index >= 15 is 0 Å². The number of rotatable bonds is 2. The van der Waals surface area contributed by atoms with Crippen molar-refractivity contribution in [3.05, 3.63) is 48.4 Å². The topological polar surface area (TPSA) is 41.9 Å². The largest absolute Gasteiger partial charge is 0.356 e. The van der Waals surface area contributed by atoms with E-state index in [1.165, 1.54) is 12.8 Å². The molecule has 22 heavy (non-hydrogen) atoms. The van der Waals surface area contributed by atoms with Crippen molar-refractivity contribution in [1.82, 2.24) is 15.0 Å². The first kappa shape index (κ1) is 13.4. The Morgan fingerprint density at radius 3 is 2.55 bits per heavy atom. The summed E-state index contributed by atoms with van der Waals surface area (Å²) in [6.45, 7) is 4.26. The van der Waals surface area contributed by atoms with E-state index in [1.807, 2.05) is 25.3 Å². The molecule has 112 valence electrons. The number of fused-ring (bicyclic) bond motifs is 1. The van der Waals surface area contributed by atoms with E-state index in [0.717, 1.165) is 47.8 Å². The van der Waals surface area contributed by atoms with Crippen LogP contribution in [0.5, 0.6) is 0 Å². The third-order valence-electron chi connectivity index (χ3n) is 4.71. The van der Waals surface area contributed by atoms with E-state index in [4.69, 9.17) is 4.98 Å². The minimum Gasteiger partial charge on any atom is -0.356 e. The lowest BCUT2D eigenvalue weighted by Crippen LogP contribution is -2.21. The fourth-order valence-corrected chi connectivity index (χ4v) is 3.54. The molecular weight excluding hydrogens is 272 g/mol. The van der Waals surface area contributed by atoms with Gasteiger partial charge in [0.25, 0.3) is 0 Å². The van der Waals surface area contributed by atoms with Crippen molar-refractivity contribution in [1.29, 1.82) is 0 Å². The van der Waals surface area contributed by atoms with Gasteiger partial charge in [-0.2, -0.15) is 0 Å². The summed E-state index contributed by atoms with van der Waals surface area (Å²) >= 11 is 0. The monoisotopic (exact) mass is 292 g/mol. The first-order chi connectivity index (χ1) is 10.8. The zero-order valence-electron chi connectivity index (χ0n) is 12.8. The van der Waals surface area contributed by atoms with Gasteiger partial charge in [0.2, 0.25) is 0 Å². The number of hydrogen-bond acceptors (Lipinski definition) is 4. The fourth-order valence-electron chi connectivity index (χ4n) is 3.54. The Morgan fingerprint density at radius 1 is 1.09 bits per heavy atom. The number of pyridine rings is 1. The van der Waals surface area contributed by atoms with Gasteiger partial charge >= 0.3 is 0 Å². The Kier molecular flexibility index (Phi) is 3.37. The van der Waals surface area contributed by atoms with Crippen LogP contribution in [0.1, 0.15) is 18.5 Å². The normalized spacial score (nSPS) is 23.6. The van der Waals surface area contributed by atoms with Crippen LogP contribution < -0.4 is 4.90 Å². The molecule has 0 aromatic carbocycles. The molecule has 4 rings (SSSR count). The molecule has 0 saturated carbocycles. The van der Waals surface area contributed by atoms with Crippen molar-refractivity contribution < 1.29 is 0 Å². The molecular formula is C18H20N4. The second kappa shape index (κ2) is 5.52. The summed E-state index contributed by atoms with van der Waals surface area (Å²) in [4.78, 5) is 16.0. The summed E-state index contributed by atoms with van der Waals surface area (Å²) in [6.07, 6.45) is 10.7. The van der Waals surface area contributed by atoms with Crippen LogP contribution in [0.25, 0.3) is 11.4 Å². The van der Waals surface area contributed by atoms with Crippen molar-refractivity contribution in [2.75, 3.05) is 18.0 Å². The van der Waals surface area contributed by atoms with Crippen LogP contribution in [-0.4, -0.2) is 28.0 Å². The lowest BCUT2D eigenvalue weighted by molar-refractivity contribution is 0.411. The molecule has 2 aliphatic rings. The Labute approximate surface area is 130 Å². The highest BCUT2D eigenvalue weighted by atomic mass is 15.2. The standard InChI is InChI=1S/C18H20N4/c1-13-9-17(21-18(20-13)14-7-4-8-19-10-14)22-11-15-5-2-3-6-16(15)12-22/h2-4,7-10,15-16H,5-6,11-12H2,1H3. The lowest BCUT2D eigenvalue weighted by Gasteiger charge is -2.18. The highest BCUT2D eigenvalue weighted by Crippen LogP contribution is 2.35. The van der Waals surface area contributed by atoms with Gasteiger partial charge in [0, 0.05) is 42.8 Å². The van der Waals surface area contributed by atoms with Gasteiger partial charge < -0.3 is 4.90 Å². The first-order valence-electron chi connectivity index (χ1n) is 7.95. The van der Waals surface area contributed by atoms with Crippen LogP contribution in [0.3, 0.4) is 0 Å². The average molecular weight is 292 g/mol. The number of anilines is 1. The smallest absolute Gasteiger partial charge is 0.163 e. The molecule has 1 aliphatic heterocycles. The maximum atomic E-state index is 4.80.